The highest BCUT2D eigenvalue weighted by molar-refractivity contribution is 5.50. The minimum Gasteiger partial charge on any atom is -0.482 e. The first-order chi connectivity index (χ1) is 23.1. The Morgan fingerprint density at radius 3 is 1.86 bits per heavy atom. The van der Waals surface area contributed by atoms with E-state index >= 15 is 0 Å². The molecule has 0 radical (unpaired) electrons. The van der Waals surface area contributed by atoms with E-state index in [1.54, 1.807) is 14.0 Å². The third-order valence-corrected chi connectivity index (χ3v) is 11.4. The Kier molecular flexibility index (Phi) is 27.4. The van der Waals surface area contributed by atoms with Crippen LogP contribution in [0, 0.1) is 52.3 Å². The molecule has 50 heavy (non-hydrogen) atoms. The van der Waals surface area contributed by atoms with Crippen molar-refractivity contribution >= 4 is 5.94 Å². The van der Waals surface area contributed by atoms with E-state index in [4.69, 9.17) is 14.6 Å². The van der Waals surface area contributed by atoms with Gasteiger partial charge in [0, 0.05) is 31.0 Å². The molecule has 3 unspecified atom stereocenters. The van der Waals surface area contributed by atoms with Crippen molar-refractivity contribution in [2.75, 3.05) is 13.7 Å². The van der Waals surface area contributed by atoms with Crippen LogP contribution in [-0.4, -0.2) is 58.9 Å². The molecule has 0 aliphatic carbocycles. The third kappa shape index (κ3) is 16.2. The number of aliphatic hydroxyl groups is 3. The molecule has 0 spiro atoms. The number of aliphatic hydroxyl groups excluding tert-OH is 3. The summed E-state index contributed by atoms with van der Waals surface area (Å²) in [4.78, 5) is 12.6. The lowest BCUT2D eigenvalue weighted by Crippen LogP contribution is -2.47. The lowest BCUT2D eigenvalue weighted by Gasteiger charge is -2.45. The fraction of sp³-hybridized carbons (Fsp3) is 0.909. The van der Waals surface area contributed by atoms with E-state index < -0.39 is 17.1 Å². The van der Waals surface area contributed by atoms with Crippen LogP contribution in [0.1, 0.15) is 170 Å². The smallest absolute Gasteiger partial charge is 0.183 e. The van der Waals surface area contributed by atoms with Crippen LogP contribution in [-0.2, 0) is 14.3 Å². The second-order valence-electron chi connectivity index (χ2n) is 16.8. The lowest BCUT2D eigenvalue weighted by atomic mass is 9.66. The van der Waals surface area contributed by atoms with Crippen molar-refractivity contribution in [3.63, 3.8) is 0 Å². The SMILES string of the molecule is C=C1C(C)C(O)C(C)(C)[C@@H](CC)OC(=C=O)C(C)[C@@H](C[C@H](C)C[C@@](C)(CC)[C@@H](O)C(C)C)[C@H](C)C[C@](C)(OC)C[C@H]1C.CC.CCC.CCO. The van der Waals surface area contributed by atoms with Crippen LogP contribution in [0.2, 0.25) is 0 Å². The number of hydrogen-bond donors (Lipinski definition) is 3. The first-order valence-electron chi connectivity index (χ1n) is 20.2. The van der Waals surface area contributed by atoms with E-state index in [2.05, 4.69) is 95.6 Å². The van der Waals surface area contributed by atoms with E-state index in [-0.39, 0.29) is 59.7 Å². The van der Waals surface area contributed by atoms with Crippen molar-refractivity contribution in [1.82, 2.24) is 0 Å². The summed E-state index contributed by atoms with van der Waals surface area (Å²) < 4.78 is 12.8. The molecule has 0 aromatic heterocycles. The normalized spacial score (nSPS) is 31.4. The highest BCUT2D eigenvalue weighted by Crippen LogP contribution is 2.46. The molecule has 6 nitrogen and oxygen atoms in total. The molecule has 300 valence electrons. The number of ether oxygens (including phenoxy) is 2. The molecule has 0 bridgehead atoms. The summed E-state index contributed by atoms with van der Waals surface area (Å²) in [6, 6.07) is 0. The molecule has 0 aromatic carbocycles. The molecule has 1 rings (SSSR count). The monoisotopic (exact) mass is 713 g/mol. The quantitative estimate of drug-likeness (QED) is 0.163. The van der Waals surface area contributed by atoms with Crippen LogP contribution < -0.4 is 0 Å². The maximum Gasteiger partial charge on any atom is 0.183 e. The summed E-state index contributed by atoms with van der Waals surface area (Å²) >= 11 is 0. The molecular formula is C44H88O6. The van der Waals surface area contributed by atoms with Gasteiger partial charge < -0.3 is 24.8 Å². The van der Waals surface area contributed by atoms with Gasteiger partial charge in [-0.2, -0.15) is 0 Å². The Hall–Kier alpha value is -1.17. The van der Waals surface area contributed by atoms with Gasteiger partial charge in [-0.25, -0.2) is 4.79 Å². The minimum atomic E-state index is -0.689. The zero-order valence-electron chi connectivity index (χ0n) is 36.7. The van der Waals surface area contributed by atoms with E-state index in [0.717, 1.165) is 37.7 Å². The van der Waals surface area contributed by atoms with Gasteiger partial charge in [-0.15, -0.1) is 0 Å². The van der Waals surface area contributed by atoms with Gasteiger partial charge in [0.2, 0.25) is 0 Å². The number of carbonyl (C=O) groups excluding carboxylic acids is 1. The summed E-state index contributed by atoms with van der Waals surface area (Å²) in [5.74, 6) is 3.33. The molecule has 1 saturated heterocycles. The van der Waals surface area contributed by atoms with Crippen molar-refractivity contribution in [3.8, 4) is 0 Å². The Morgan fingerprint density at radius 2 is 1.48 bits per heavy atom. The van der Waals surface area contributed by atoms with E-state index in [9.17, 15) is 15.0 Å². The van der Waals surface area contributed by atoms with Crippen molar-refractivity contribution in [2.24, 2.45) is 52.3 Å². The van der Waals surface area contributed by atoms with Gasteiger partial charge >= 0.3 is 0 Å². The molecule has 11 atom stereocenters. The summed E-state index contributed by atoms with van der Waals surface area (Å²) in [7, 11) is 1.79. The topological polar surface area (TPSA) is 96.2 Å². The van der Waals surface area contributed by atoms with Crippen LogP contribution >= 0.6 is 0 Å². The average molecular weight is 713 g/mol. The molecule has 0 aromatic rings. The van der Waals surface area contributed by atoms with Gasteiger partial charge in [0.05, 0.1) is 17.8 Å². The van der Waals surface area contributed by atoms with Crippen LogP contribution in [0.3, 0.4) is 0 Å². The molecule has 3 N–H and O–H groups in total. The second kappa shape index (κ2) is 25.7. The molecule has 1 fully saturated rings. The molecule has 0 saturated carbocycles. The van der Waals surface area contributed by atoms with Gasteiger partial charge in [-0.3, -0.25) is 0 Å². The maximum atomic E-state index is 12.6. The first-order valence-corrected chi connectivity index (χ1v) is 20.2. The van der Waals surface area contributed by atoms with Gasteiger partial charge in [0.15, 0.2) is 11.7 Å². The zero-order chi connectivity index (χ0) is 40.2. The van der Waals surface area contributed by atoms with Crippen molar-refractivity contribution < 1.29 is 29.6 Å². The highest BCUT2D eigenvalue weighted by Gasteiger charge is 2.45. The number of methoxy groups -OCH3 is 1. The fourth-order valence-electron chi connectivity index (χ4n) is 8.23. The molecule has 1 aliphatic rings. The van der Waals surface area contributed by atoms with Crippen molar-refractivity contribution in [3.05, 3.63) is 17.9 Å². The van der Waals surface area contributed by atoms with Gasteiger partial charge in [-0.1, -0.05) is 129 Å². The summed E-state index contributed by atoms with van der Waals surface area (Å²) in [6.45, 7) is 42.4. The first kappa shape index (κ1) is 53.2. The number of hydrogen-bond acceptors (Lipinski definition) is 6. The van der Waals surface area contributed by atoms with Gasteiger partial charge in [-0.05, 0) is 87.4 Å². The number of allylic oxidation sites excluding steroid dienone is 1. The zero-order valence-corrected chi connectivity index (χ0v) is 36.7. The summed E-state index contributed by atoms with van der Waals surface area (Å²) in [6.07, 6.45) is 4.86. The fourth-order valence-corrected chi connectivity index (χ4v) is 8.23. The molecule has 1 aliphatic heterocycles. The lowest BCUT2D eigenvalue weighted by molar-refractivity contribution is -0.0902. The Balaban J connectivity index is -0.00000252. The van der Waals surface area contributed by atoms with Gasteiger partial charge in [0.1, 0.15) is 6.10 Å². The van der Waals surface area contributed by atoms with Crippen LogP contribution in [0.4, 0.5) is 0 Å². The number of rotatable bonds is 9. The molecular weight excluding hydrogens is 624 g/mol. The third-order valence-electron chi connectivity index (χ3n) is 11.4. The summed E-state index contributed by atoms with van der Waals surface area (Å²) in [5, 5.41) is 30.3. The summed E-state index contributed by atoms with van der Waals surface area (Å²) in [5.41, 5.74) is -0.164. The molecule has 6 heteroatoms. The van der Waals surface area contributed by atoms with Gasteiger partial charge in [0.25, 0.3) is 0 Å². The molecule has 0 amide bonds. The second-order valence-corrected chi connectivity index (χ2v) is 16.8. The van der Waals surface area contributed by atoms with E-state index in [1.807, 2.05) is 34.6 Å². The van der Waals surface area contributed by atoms with Crippen molar-refractivity contribution in [2.45, 2.75) is 193 Å². The standard InChI is InChI=1S/C37H68O5.C3H8.C2H6O.C2H6/c1-16-32-35(11,12)34(40)28(9)27(8)25(6)20-37(14,41-15)21-26(7)30(29(10)31(22-38)42-32)18-24(5)19-36(13,17-2)33(39)23(3)4;1-3-2;1-2-3;1-2/h23-26,28-30,32-34,39-40H,8,16-21H2,1-7,9-15H3;3H2,1-2H3;3H,2H2,1H3;1-2H3/t24-,25+,26+,28?,29?,30-,32+,33-,34?,36+,37+;;;/m0.../s1. The maximum absolute atomic E-state index is 12.6. The molecule has 1 heterocycles. The van der Waals surface area contributed by atoms with Crippen LogP contribution in [0.25, 0.3) is 0 Å². The van der Waals surface area contributed by atoms with Crippen LogP contribution in [0.5, 0.6) is 0 Å². The van der Waals surface area contributed by atoms with Crippen molar-refractivity contribution in [1.29, 1.82) is 0 Å². The predicted octanol–water partition coefficient (Wildman–Crippen LogP) is 11.1. The van der Waals surface area contributed by atoms with E-state index in [1.165, 1.54) is 6.42 Å². The predicted molar refractivity (Wildman–Crippen MR) is 216 cm³/mol. The minimum absolute atomic E-state index is 0.141. The Labute approximate surface area is 312 Å². The van der Waals surface area contributed by atoms with E-state index in [0.29, 0.717) is 18.1 Å². The Morgan fingerprint density at radius 1 is 1.00 bits per heavy atom. The van der Waals surface area contributed by atoms with Crippen LogP contribution in [0.15, 0.2) is 17.9 Å². The average Bonchev–Trinajstić information content (AvgIpc) is 3.06. The Bertz CT molecular complexity index is 937. The largest absolute Gasteiger partial charge is 0.482 e. The highest BCUT2D eigenvalue weighted by atomic mass is 16.5.